The zero-order valence-corrected chi connectivity index (χ0v) is 29.4. The van der Waals surface area contributed by atoms with Gasteiger partial charge in [-0.05, 0) is 99.6 Å². The van der Waals surface area contributed by atoms with E-state index in [0.717, 1.165) is 48.9 Å². The molecule has 258 valence electrons. The third kappa shape index (κ3) is 5.79. The van der Waals surface area contributed by atoms with Gasteiger partial charge in [-0.25, -0.2) is 17.7 Å². The summed E-state index contributed by atoms with van der Waals surface area (Å²) >= 11 is 6.72. The van der Waals surface area contributed by atoms with E-state index in [1.165, 1.54) is 25.5 Å². The van der Waals surface area contributed by atoms with Gasteiger partial charge in [0, 0.05) is 42.3 Å². The molecule has 4 aromatic rings. The number of hydrogen-bond acceptors (Lipinski definition) is 10. The number of amides is 1. The van der Waals surface area contributed by atoms with Crippen molar-refractivity contribution >= 4 is 33.2 Å². The van der Waals surface area contributed by atoms with Gasteiger partial charge in [0.15, 0.2) is 5.54 Å². The van der Waals surface area contributed by atoms with Crippen molar-refractivity contribution in [3.8, 4) is 11.5 Å². The van der Waals surface area contributed by atoms with E-state index in [1.807, 2.05) is 23.1 Å². The van der Waals surface area contributed by atoms with Crippen LogP contribution in [-0.2, 0) is 26.9 Å². The number of halogens is 1. The molecule has 0 spiro atoms. The second-order valence-electron chi connectivity index (χ2n) is 12.8. The fourth-order valence-corrected chi connectivity index (χ4v) is 9.24. The Morgan fingerprint density at radius 3 is 2.49 bits per heavy atom. The number of oxazole rings is 1. The summed E-state index contributed by atoms with van der Waals surface area (Å²) in [6.07, 6.45) is 5.53. The first-order valence-electron chi connectivity index (χ1n) is 16.5. The first kappa shape index (κ1) is 33.6. The van der Waals surface area contributed by atoms with Gasteiger partial charge in [0.25, 0.3) is 15.9 Å². The lowest BCUT2D eigenvalue weighted by atomic mass is 9.80. The van der Waals surface area contributed by atoms with Crippen LogP contribution in [0.2, 0.25) is 5.02 Å². The highest BCUT2D eigenvalue weighted by Gasteiger charge is 2.62. The first-order chi connectivity index (χ1) is 23.7. The maximum absolute atomic E-state index is 15.6. The average Bonchev–Trinajstić information content (AvgIpc) is 3.83. The highest BCUT2D eigenvalue weighted by atomic mass is 35.5. The van der Waals surface area contributed by atoms with Crippen LogP contribution in [0.1, 0.15) is 47.9 Å². The minimum Gasteiger partial charge on any atom is -0.497 e. The summed E-state index contributed by atoms with van der Waals surface area (Å²) in [6.45, 7) is 4.98. The van der Waals surface area contributed by atoms with Crippen molar-refractivity contribution in [2.45, 2.75) is 42.3 Å². The van der Waals surface area contributed by atoms with Crippen molar-refractivity contribution < 1.29 is 27.1 Å². The molecule has 3 aliphatic heterocycles. The SMILES string of the molecule is COc1ccc(S(=O)(=O)N2C(=O)C(c3cc(CN4CCCN(C)CC4)ccc3OC)(N3CCC[C@H]3c3ncco3)c3cc(Cl)ccc32)cc1. The van der Waals surface area contributed by atoms with Gasteiger partial charge < -0.3 is 18.8 Å². The molecule has 1 unspecified atom stereocenters. The first-order valence-corrected chi connectivity index (χ1v) is 18.3. The molecule has 7 rings (SSSR count). The van der Waals surface area contributed by atoms with Crippen LogP contribution in [0.3, 0.4) is 0 Å². The number of nitrogens with zero attached hydrogens (tertiary/aromatic N) is 5. The standard InChI is InChI=1S/C36H40ClN5O6S/c1-39-16-5-17-40(20-19-39)24-25-7-14-33(47-3)30(22-25)36(41-18-4-6-32(41)34-38-15-21-48-34)29-23-26(37)8-13-31(29)42(35(36)43)49(44,45)28-11-9-27(46-2)10-12-28/h7-15,21-23,32H,4-6,16-20,24H2,1-3H3/t32-,36?/m0/s1. The Hall–Kier alpha value is -3.94. The Labute approximate surface area is 292 Å². The van der Waals surface area contributed by atoms with Gasteiger partial charge in [0.2, 0.25) is 5.89 Å². The molecule has 1 aromatic heterocycles. The van der Waals surface area contributed by atoms with Crippen LogP contribution in [0.4, 0.5) is 5.69 Å². The molecule has 0 aliphatic carbocycles. The number of methoxy groups -OCH3 is 2. The molecule has 2 saturated heterocycles. The highest BCUT2D eigenvalue weighted by Crippen LogP contribution is 2.57. The number of hydrogen-bond donors (Lipinski definition) is 0. The summed E-state index contributed by atoms with van der Waals surface area (Å²) in [5.74, 6) is 0.761. The van der Waals surface area contributed by atoms with Crippen molar-refractivity contribution in [1.29, 1.82) is 0 Å². The molecule has 3 aliphatic rings. The molecule has 0 N–H and O–H groups in total. The minimum atomic E-state index is -4.41. The number of sulfonamides is 1. The molecule has 0 bridgehead atoms. The van der Waals surface area contributed by atoms with Crippen molar-refractivity contribution in [2.24, 2.45) is 0 Å². The number of anilines is 1. The zero-order chi connectivity index (χ0) is 34.3. The number of likely N-dealkylation sites (tertiary alicyclic amines) is 1. The molecule has 2 fully saturated rings. The lowest BCUT2D eigenvalue weighted by molar-refractivity contribution is -0.127. The number of rotatable bonds is 9. The van der Waals surface area contributed by atoms with E-state index in [4.69, 9.17) is 25.5 Å². The maximum atomic E-state index is 15.6. The third-order valence-electron chi connectivity index (χ3n) is 9.95. The van der Waals surface area contributed by atoms with Gasteiger partial charge >= 0.3 is 0 Å². The number of benzene rings is 3. The molecule has 3 aromatic carbocycles. The predicted octanol–water partition coefficient (Wildman–Crippen LogP) is 5.30. The number of carbonyl (C=O) groups is 1. The van der Waals surface area contributed by atoms with E-state index < -0.39 is 27.5 Å². The average molecular weight is 706 g/mol. The highest BCUT2D eigenvalue weighted by molar-refractivity contribution is 7.93. The molecule has 0 saturated carbocycles. The summed E-state index contributed by atoms with van der Waals surface area (Å²) in [5, 5.41) is 0.371. The van der Waals surface area contributed by atoms with Crippen LogP contribution in [-0.4, -0.2) is 88.0 Å². The van der Waals surface area contributed by atoms with Crippen LogP contribution in [0.15, 0.2) is 82.4 Å². The predicted molar refractivity (Wildman–Crippen MR) is 185 cm³/mol. The van der Waals surface area contributed by atoms with Gasteiger partial charge in [0.05, 0.1) is 37.0 Å². The van der Waals surface area contributed by atoms with Gasteiger partial charge in [-0.3, -0.25) is 14.6 Å². The summed E-state index contributed by atoms with van der Waals surface area (Å²) < 4.78 is 47.3. The largest absolute Gasteiger partial charge is 0.497 e. The van der Waals surface area contributed by atoms with Crippen LogP contribution in [0.5, 0.6) is 11.5 Å². The Bertz CT molecular complexity index is 1940. The quantitative estimate of drug-likeness (QED) is 0.228. The van der Waals surface area contributed by atoms with E-state index >= 15 is 4.79 Å². The Morgan fingerprint density at radius 2 is 1.76 bits per heavy atom. The molecule has 13 heteroatoms. The number of fused-ring (bicyclic) bond motifs is 1. The molecule has 11 nitrogen and oxygen atoms in total. The Morgan fingerprint density at radius 1 is 0.939 bits per heavy atom. The summed E-state index contributed by atoms with van der Waals surface area (Å²) in [7, 11) is 0.798. The Balaban J connectivity index is 1.46. The molecule has 0 radical (unpaired) electrons. The van der Waals surface area contributed by atoms with Crippen molar-refractivity contribution in [3.63, 3.8) is 0 Å². The van der Waals surface area contributed by atoms with Crippen LogP contribution in [0.25, 0.3) is 0 Å². The van der Waals surface area contributed by atoms with E-state index in [1.54, 1.807) is 43.6 Å². The molecular weight excluding hydrogens is 666 g/mol. The molecule has 4 heterocycles. The lowest BCUT2D eigenvalue weighted by Gasteiger charge is -2.41. The maximum Gasteiger partial charge on any atom is 0.271 e. The van der Waals surface area contributed by atoms with Gasteiger partial charge in [0.1, 0.15) is 17.8 Å². The van der Waals surface area contributed by atoms with Crippen LogP contribution < -0.4 is 13.8 Å². The molecule has 49 heavy (non-hydrogen) atoms. The van der Waals surface area contributed by atoms with Gasteiger partial charge in [-0.2, -0.15) is 0 Å². The van der Waals surface area contributed by atoms with Crippen molar-refractivity contribution in [3.05, 3.63) is 101 Å². The summed E-state index contributed by atoms with van der Waals surface area (Å²) in [4.78, 5) is 26.8. The van der Waals surface area contributed by atoms with E-state index in [9.17, 15) is 8.42 Å². The van der Waals surface area contributed by atoms with E-state index in [-0.39, 0.29) is 10.6 Å². The second-order valence-corrected chi connectivity index (χ2v) is 15.0. The normalized spacial score (nSPS) is 22.3. The fraction of sp³-hybridized carbons (Fsp3) is 0.389. The van der Waals surface area contributed by atoms with E-state index in [2.05, 4.69) is 21.8 Å². The smallest absolute Gasteiger partial charge is 0.271 e. The third-order valence-corrected chi connectivity index (χ3v) is 11.9. The summed E-state index contributed by atoms with van der Waals surface area (Å²) in [6, 6.07) is 16.4. The number of aromatic nitrogens is 1. The zero-order valence-electron chi connectivity index (χ0n) is 27.8. The number of ether oxygens (including phenoxy) is 2. The fourth-order valence-electron chi connectivity index (χ4n) is 7.61. The molecule has 1 amide bonds. The van der Waals surface area contributed by atoms with Crippen LogP contribution >= 0.6 is 11.6 Å². The number of likely N-dealkylation sites (N-methyl/N-ethyl adjacent to an activating group) is 1. The lowest BCUT2D eigenvalue weighted by Crippen LogP contribution is -2.54. The van der Waals surface area contributed by atoms with Crippen molar-refractivity contribution in [1.82, 2.24) is 19.7 Å². The van der Waals surface area contributed by atoms with Crippen LogP contribution in [0, 0.1) is 0 Å². The van der Waals surface area contributed by atoms with E-state index in [0.29, 0.717) is 53.0 Å². The monoisotopic (exact) mass is 705 g/mol. The minimum absolute atomic E-state index is 0.0455. The summed E-state index contributed by atoms with van der Waals surface area (Å²) in [5.41, 5.74) is 0.549. The molecular formula is C36H40ClN5O6S. The second kappa shape index (κ2) is 13.4. The van der Waals surface area contributed by atoms with Gasteiger partial charge in [-0.15, -0.1) is 0 Å². The topological polar surface area (TPSA) is 109 Å². The number of carbonyl (C=O) groups excluding carboxylic acids is 1. The Kier molecular flexibility index (Phi) is 9.18. The van der Waals surface area contributed by atoms with Gasteiger partial charge in [-0.1, -0.05) is 17.7 Å². The molecule has 2 atom stereocenters. The van der Waals surface area contributed by atoms with Crippen molar-refractivity contribution in [2.75, 3.05) is 58.3 Å².